The normalized spacial score (nSPS) is 12.8. The summed E-state index contributed by atoms with van der Waals surface area (Å²) < 4.78 is 65.6. The molecule has 2 aromatic heterocycles. The van der Waals surface area contributed by atoms with Crippen LogP contribution in [0.4, 0.5) is 22.0 Å². The molecule has 1 amide bonds. The number of fused-ring (bicyclic) bond motifs is 1. The summed E-state index contributed by atoms with van der Waals surface area (Å²) in [5.41, 5.74) is -2.27. The highest BCUT2D eigenvalue weighted by Crippen LogP contribution is 2.33. The number of H-pyrrole nitrogens is 1. The van der Waals surface area contributed by atoms with E-state index in [0.717, 1.165) is 23.2 Å². The molecule has 0 aliphatic heterocycles. The molecule has 30 heavy (non-hydrogen) atoms. The third-order valence-electron chi connectivity index (χ3n) is 4.51. The highest BCUT2D eigenvalue weighted by Gasteiger charge is 2.36. The molecule has 0 aliphatic rings. The molecule has 12 heteroatoms. The van der Waals surface area contributed by atoms with E-state index >= 15 is 0 Å². The van der Waals surface area contributed by atoms with Crippen LogP contribution in [0.5, 0.6) is 0 Å². The van der Waals surface area contributed by atoms with Crippen molar-refractivity contribution in [3.05, 3.63) is 68.4 Å². The number of aromatic amines is 1. The van der Waals surface area contributed by atoms with Crippen LogP contribution in [0.15, 0.2) is 29.2 Å². The van der Waals surface area contributed by atoms with Crippen molar-refractivity contribution < 1.29 is 26.7 Å². The number of carbonyl (C=O) groups excluding carboxylic acids is 1. The van der Waals surface area contributed by atoms with Crippen molar-refractivity contribution in [2.75, 3.05) is 7.05 Å². The number of carbonyl (C=O) groups is 1. The van der Waals surface area contributed by atoms with E-state index in [1.807, 2.05) is 0 Å². The van der Waals surface area contributed by atoms with Crippen LogP contribution >= 0.6 is 11.6 Å². The number of halogens is 6. The summed E-state index contributed by atoms with van der Waals surface area (Å²) in [7, 11) is 1.32. The summed E-state index contributed by atoms with van der Waals surface area (Å²) in [5, 5.41) is 5.03. The van der Waals surface area contributed by atoms with Crippen LogP contribution in [0, 0.1) is 11.6 Å². The molecule has 2 heterocycles. The maximum absolute atomic E-state index is 13.7. The number of nitrogens with one attached hydrogen (secondary N) is 1. The lowest BCUT2D eigenvalue weighted by Gasteiger charge is -2.25. The molecular weight excluding hydrogens is 435 g/mol. The van der Waals surface area contributed by atoms with Gasteiger partial charge in [0, 0.05) is 18.6 Å². The number of nitrogens with zero attached hydrogens (tertiary/aromatic N) is 3. The maximum atomic E-state index is 13.7. The van der Waals surface area contributed by atoms with Gasteiger partial charge in [0.15, 0.2) is 17.3 Å². The Balaban J connectivity index is 2.00. The first-order valence-electron chi connectivity index (χ1n) is 8.29. The van der Waals surface area contributed by atoms with Gasteiger partial charge in [-0.05, 0) is 25.1 Å². The largest absolute Gasteiger partial charge is 0.434 e. The zero-order valence-electron chi connectivity index (χ0n) is 15.3. The van der Waals surface area contributed by atoms with Crippen molar-refractivity contribution in [1.82, 2.24) is 20.1 Å². The Morgan fingerprint density at radius 3 is 2.33 bits per heavy atom. The van der Waals surface area contributed by atoms with E-state index < -0.39 is 46.0 Å². The SMILES string of the molecule is C[C@H](c1n[nH]c(=O)c2cc(F)c(F)cc12)N(C)C(=O)c1cnc(C(F)(F)F)c(Cl)c1. The quantitative estimate of drug-likeness (QED) is 0.614. The Morgan fingerprint density at radius 2 is 1.77 bits per heavy atom. The van der Waals surface area contributed by atoms with Crippen molar-refractivity contribution in [3.8, 4) is 0 Å². The van der Waals surface area contributed by atoms with Crippen LogP contribution in [-0.4, -0.2) is 33.0 Å². The van der Waals surface area contributed by atoms with E-state index in [9.17, 15) is 31.5 Å². The molecule has 0 saturated heterocycles. The minimum atomic E-state index is -4.78. The van der Waals surface area contributed by atoms with Gasteiger partial charge >= 0.3 is 6.18 Å². The lowest BCUT2D eigenvalue weighted by Crippen LogP contribution is -2.31. The van der Waals surface area contributed by atoms with Gasteiger partial charge in [-0.3, -0.25) is 9.59 Å². The van der Waals surface area contributed by atoms with Crippen molar-refractivity contribution in [3.63, 3.8) is 0 Å². The van der Waals surface area contributed by atoms with Crippen LogP contribution < -0.4 is 5.56 Å². The van der Waals surface area contributed by atoms with Gasteiger partial charge < -0.3 is 4.90 Å². The summed E-state index contributed by atoms with van der Waals surface area (Å²) in [5.74, 6) is -3.20. The minimum Gasteiger partial charge on any atom is -0.333 e. The first-order chi connectivity index (χ1) is 13.9. The molecule has 3 aromatic rings. The molecule has 3 rings (SSSR count). The van der Waals surface area contributed by atoms with Crippen molar-refractivity contribution in [2.24, 2.45) is 0 Å². The van der Waals surface area contributed by atoms with E-state index in [0.29, 0.717) is 6.07 Å². The second-order valence-corrected chi connectivity index (χ2v) is 6.80. The minimum absolute atomic E-state index is 0.0200. The van der Waals surface area contributed by atoms with E-state index in [1.54, 1.807) is 0 Å². The number of alkyl halides is 3. The summed E-state index contributed by atoms with van der Waals surface area (Å²) in [6.07, 6.45) is -4.05. The van der Waals surface area contributed by atoms with Gasteiger partial charge in [0.2, 0.25) is 0 Å². The third-order valence-corrected chi connectivity index (χ3v) is 4.80. The molecule has 158 valence electrons. The third kappa shape index (κ3) is 3.84. The van der Waals surface area contributed by atoms with Gasteiger partial charge in [-0.1, -0.05) is 11.6 Å². The Kier molecular flexibility index (Phi) is 5.50. The average molecular weight is 447 g/mol. The highest BCUT2D eigenvalue weighted by molar-refractivity contribution is 6.31. The average Bonchev–Trinajstić information content (AvgIpc) is 2.67. The fourth-order valence-electron chi connectivity index (χ4n) is 2.82. The lowest BCUT2D eigenvalue weighted by molar-refractivity contribution is -0.141. The monoisotopic (exact) mass is 446 g/mol. The summed E-state index contributed by atoms with van der Waals surface area (Å²) >= 11 is 5.60. The van der Waals surface area contributed by atoms with E-state index in [2.05, 4.69) is 15.2 Å². The molecular formula is C18H12ClF5N4O2. The number of amides is 1. The zero-order valence-corrected chi connectivity index (χ0v) is 16.1. The predicted molar refractivity (Wildman–Crippen MR) is 97.0 cm³/mol. The molecule has 0 fully saturated rings. The smallest absolute Gasteiger partial charge is 0.333 e. The summed E-state index contributed by atoms with van der Waals surface area (Å²) in [4.78, 5) is 28.9. The molecule has 1 atom stereocenters. The highest BCUT2D eigenvalue weighted by atomic mass is 35.5. The first kappa shape index (κ1) is 21.6. The number of pyridine rings is 1. The van der Waals surface area contributed by atoms with Gasteiger partial charge in [-0.25, -0.2) is 18.9 Å². The van der Waals surface area contributed by atoms with Gasteiger partial charge in [0.05, 0.1) is 27.7 Å². The van der Waals surface area contributed by atoms with Crippen molar-refractivity contribution in [2.45, 2.75) is 19.1 Å². The van der Waals surface area contributed by atoms with Crippen LogP contribution in [0.2, 0.25) is 5.02 Å². The molecule has 1 N–H and O–H groups in total. The number of aromatic nitrogens is 3. The molecule has 0 unspecified atom stereocenters. The zero-order chi connectivity index (χ0) is 22.4. The first-order valence-corrected chi connectivity index (χ1v) is 8.66. The molecule has 0 saturated carbocycles. The number of hydrogen-bond donors (Lipinski definition) is 1. The topological polar surface area (TPSA) is 79.0 Å². The van der Waals surface area contributed by atoms with E-state index in [4.69, 9.17) is 11.6 Å². The van der Waals surface area contributed by atoms with Gasteiger partial charge in [0.25, 0.3) is 11.5 Å². The maximum Gasteiger partial charge on any atom is 0.434 e. The Bertz CT molecular complexity index is 1210. The van der Waals surface area contributed by atoms with E-state index in [-0.39, 0.29) is 22.0 Å². The van der Waals surface area contributed by atoms with Crippen LogP contribution in [-0.2, 0) is 6.18 Å². The standard InChI is InChI=1S/C18H12ClF5N4O2/c1-7(14-9-4-12(20)13(21)5-10(9)16(29)27-26-14)28(2)17(30)8-3-11(19)15(25-6-8)18(22,23)24/h3-7H,1-2H3,(H,27,29)/t7-/m1/s1. The van der Waals surface area contributed by atoms with Crippen molar-refractivity contribution >= 4 is 28.3 Å². The molecule has 0 radical (unpaired) electrons. The van der Waals surface area contributed by atoms with Gasteiger partial charge in [-0.2, -0.15) is 18.3 Å². The molecule has 0 spiro atoms. The van der Waals surface area contributed by atoms with Crippen molar-refractivity contribution in [1.29, 1.82) is 0 Å². The Morgan fingerprint density at radius 1 is 1.17 bits per heavy atom. The number of hydrogen-bond acceptors (Lipinski definition) is 4. The number of benzene rings is 1. The van der Waals surface area contributed by atoms with Crippen LogP contribution in [0.3, 0.4) is 0 Å². The van der Waals surface area contributed by atoms with Crippen LogP contribution in [0.1, 0.15) is 34.7 Å². The van der Waals surface area contributed by atoms with Gasteiger partial charge in [-0.15, -0.1) is 0 Å². The van der Waals surface area contributed by atoms with E-state index in [1.165, 1.54) is 14.0 Å². The lowest BCUT2D eigenvalue weighted by atomic mass is 10.0. The predicted octanol–water partition coefficient (Wildman–Crippen LogP) is 4.10. The molecule has 0 aliphatic carbocycles. The van der Waals surface area contributed by atoms with Crippen LogP contribution in [0.25, 0.3) is 10.8 Å². The Labute approximate surface area is 170 Å². The fourth-order valence-corrected chi connectivity index (χ4v) is 3.10. The molecule has 1 aromatic carbocycles. The van der Waals surface area contributed by atoms with Gasteiger partial charge in [0.1, 0.15) is 0 Å². The molecule has 0 bridgehead atoms. The summed E-state index contributed by atoms with van der Waals surface area (Å²) in [6, 6.07) is 1.44. The second kappa shape index (κ2) is 7.63. The molecule has 6 nitrogen and oxygen atoms in total. The second-order valence-electron chi connectivity index (χ2n) is 6.39. The fraction of sp³-hybridized carbons (Fsp3) is 0.222. The number of rotatable bonds is 3. The Hall–Kier alpha value is -3.08. The summed E-state index contributed by atoms with van der Waals surface area (Å²) in [6.45, 7) is 1.48.